The number of amides is 1. The van der Waals surface area contributed by atoms with E-state index in [9.17, 15) is 23.5 Å². The number of aliphatic carboxylic acids is 1. The standard InChI is InChI=1S/C19H23F2NO5S/c20-19(21,14-5-2-1-3-6-14)16(23)9-8-15-13-28-18(26)22(15)10-12-27-11-4-7-17(24)25/h1-3,5-6,8-9,15-16,23H,4,7,10-13H2,(H,24,25). The molecule has 0 radical (unpaired) electrons. The minimum Gasteiger partial charge on any atom is -0.481 e. The molecule has 0 aromatic heterocycles. The van der Waals surface area contributed by atoms with Gasteiger partial charge in [0.15, 0.2) is 0 Å². The first-order valence-corrected chi connectivity index (χ1v) is 9.83. The Morgan fingerprint density at radius 1 is 1.36 bits per heavy atom. The fourth-order valence-corrected chi connectivity index (χ4v) is 3.65. The molecule has 2 unspecified atom stereocenters. The molecule has 2 N–H and O–H groups in total. The highest BCUT2D eigenvalue weighted by atomic mass is 32.2. The second kappa shape index (κ2) is 10.5. The van der Waals surface area contributed by atoms with Crippen molar-refractivity contribution in [3.63, 3.8) is 0 Å². The van der Waals surface area contributed by atoms with E-state index in [1.165, 1.54) is 35.2 Å². The lowest BCUT2D eigenvalue weighted by molar-refractivity contribution is -0.137. The van der Waals surface area contributed by atoms with Crippen LogP contribution < -0.4 is 0 Å². The number of aliphatic hydroxyl groups is 1. The molecule has 154 valence electrons. The van der Waals surface area contributed by atoms with Gasteiger partial charge in [0.25, 0.3) is 5.24 Å². The van der Waals surface area contributed by atoms with E-state index in [0.29, 0.717) is 12.2 Å². The van der Waals surface area contributed by atoms with E-state index in [1.54, 1.807) is 6.07 Å². The first kappa shape index (κ1) is 22.3. The van der Waals surface area contributed by atoms with Crippen molar-refractivity contribution in [2.75, 3.05) is 25.5 Å². The number of hydrogen-bond acceptors (Lipinski definition) is 5. The largest absolute Gasteiger partial charge is 0.481 e. The Hall–Kier alpha value is -1.97. The molecule has 1 amide bonds. The van der Waals surface area contributed by atoms with Gasteiger partial charge in [-0.25, -0.2) is 0 Å². The van der Waals surface area contributed by atoms with Gasteiger partial charge in [-0.05, 0) is 6.42 Å². The molecule has 0 aliphatic carbocycles. The van der Waals surface area contributed by atoms with Gasteiger partial charge in [-0.15, -0.1) is 0 Å². The molecule has 0 bridgehead atoms. The molecule has 1 fully saturated rings. The van der Waals surface area contributed by atoms with Crippen molar-refractivity contribution in [3.8, 4) is 0 Å². The highest BCUT2D eigenvalue weighted by molar-refractivity contribution is 8.13. The summed E-state index contributed by atoms with van der Waals surface area (Å²) in [5.41, 5.74) is -0.282. The number of thioether (sulfide) groups is 1. The number of nitrogens with zero attached hydrogens (tertiary/aromatic N) is 1. The number of benzene rings is 1. The van der Waals surface area contributed by atoms with Gasteiger partial charge in [-0.3, -0.25) is 9.59 Å². The maximum absolute atomic E-state index is 14.3. The Kier molecular flexibility index (Phi) is 8.40. The smallest absolute Gasteiger partial charge is 0.303 e. The third-order valence-corrected chi connectivity index (χ3v) is 5.20. The van der Waals surface area contributed by atoms with Gasteiger partial charge in [0.2, 0.25) is 0 Å². The van der Waals surface area contributed by atoms with Crippen molar-refractivity contribution >= 4 is 23.0 Å². The quantitative estimate of drug-likeness (QED) is 0.427. The third kappa shape index (κ3) is 6.29. The number of alkyl halides is 2. The summed E-state index contributed by atoms with van der Waals surface area (Å²) >= 11 is 1.07. The Morgan fingerprint density at radius 2 is 2.07 bits per heavy atom. The van der Waals surface area contributed by atoms with Crippen LogP contribution in [0.4, 0.5) is 13.6 Å². The van der Waals surface area contributed by atoms with E-state index >= 15 is 0 Å². The average Bonchev–Trinajstić information content (AvgIpc) is 3.02. The van der Waals surface area contributed by atoms with Crippen molar-refractivity contribution in [1.82, 2.24) is 4.90 Å². The van der Waals surface area contributed by atoms with E-state index in [4.69, 9.17) is 9.84 Å². The number of carbonyl (C=O) groups excluding carboxylic acids is 1. The molecule has 2 rings (SSSR count). The Balaban J connectivity index is 1.87. The van der Waals surface area contributed by atoms with Crippen molar-refractivity contribution in [3.05, 3.63) is 48.0 Å². The average molecular weight is 415 g/mol. The van der Waals surface area contributed by atoms with Crippen LogP contribution >= 0.6 is 11.8 Å². The molecule has 1 aromatic carbocycles. The summed E-state index contributed by atoms with van der Waals surface area (Å²) in [5.74, 6) is -3.94. The van der Waals surface area contributed by atoms with E-state index < -0.39 is 24.0 Å². The van der Waals surface area contributed by atoms with Crippen LogP contribution in [0, 0.1) is 0 Å². The number of rotatable bonds is 11. The molecule has 6 nitrogen and oxygen atoms in total. The van der Waals surface area contributed by atoms with Gasteiger partial charge >= 0.3 is 11.9 Å². The summed E-state index contributed by atoms with van der Waals surface area (Å²) < 4.78 is 34.0. The lowest BCUT2D eigenvalue weighted by Gasteiger charge is -2.23. The molecule has 2 atom stereocenters. The molecule has 1 aliphatic rings. The van der Waals surface area contributed by atoms with Crippen LogP contribution in [0.2, 0.25) is 0 Å². The summed E-state index contributed by atoms with van der Waals surface area (Å²) in [7, 11) is 0. The molecule has 0 saturated carbocycles. The van der Waals surface area contributed by atoms with Crippen LogP contribution in [0.5, 0.6) is 0 Å². The number of halogens is 2. The van der Waals surface area contributed by atoms with Crippen LogP contribution in [0.15, 0.2) is 42.5 Å². The van der Waals surface area contributed by atoms with Gasteiger partial charge in [0.1, 0.15) is 6.10 Å². The number of carboxylic acids is 1. The predicted octanol–water partition coefficient (Wildman–Crippen LogP) is 3.11. The maximum atomic E-state index is 14.3. The first-order chi connectivity index (χ1) is 13.3. The van der Waals surface area contributed by atoms with Crippen molar-refractivity contribution in [2.24, 2.45) is 0 Å². The predicted molar refractivity (Wildman–Crippen MR) is 102 cm³/mol. The van der Waals surface area contributed by atoms with E-state index in [2.05, 4.69) is 0 Å². The zero-order valence-corrected chi connectivity index (χ0v) is 16.0. The minimum absolute atomic E-state index is 0.0113. The lowest BCUT2D eigenvalue weighted by atomic mass is 10.0. The summed E-state index contributed by atoms with van der Waals surface area (Å²) in [6.45, 7) is 0.752. The molecule has 1 saturated heterocycles. The van der Waals surface area contributed by atoms with Crippen LogP contribution in [0.25, 0.3) is 0 Å². The van der Waals surface area contributed by atoms with Gasteiger partial charge in [0, 0.05) is 30.9 Å². The minimum atomic E-state index is -3.44. The van der Waals surface area contributed by atoms with Crippen LogP contribution in [-0.2, 0) is 15.5 Å². The number of aliphatic hydroxyl groups excluding tert-OH is 1. The van der Waals surface area contributed by atoms with Crippen molar-refractivity contribution in [2.45, 2.75) is 30.9 Å². The molecule has 1 heterocycles. The maximum Gasteiger partial charge on any atom is 0.303 e. The third-order valence-electron chi connectivity index (χ3n) is 4.21. The van der Waals surface area contributed by atoms with Crippen LogP contribution in [0.3, 0.4) is 0 Å². The fourth-order valence-electron chi connectivity index (χ4n) is 2.66. The summed E-state index contributed by atoms with van der Waals surface area (Å²) in [6, 6.07) is 6.65. The van der Waals surface area contributed by atoms with Gasteiger partial charge < -0.3 is 19.8 Å². The van der Waals surface area contributed by atoms with Crippen molar-refractivity contribution in [1.29, 1.82) is 0 Å². The molecule has 9 heteroatoms. The van der Waals surface area contributed by atoms with E-state index in [-0.39, 0.29) is 37.0 Å². The molecular weight excluding hydrogens is 392 g/mol. The van der Waals surface area contributed by atoms with Crippen LogP contribution in [0.1, 0.15) is 18.4 Å². The lowest BCUT2D eigenvalue weighted by Crippen LogP contribution is -2.35. The zero-order valence-electron chi connectivity index (χ0n) is 15.2. The highest BCUT2D eigenvalue weighted by Gasteiger charge is 2.39. The fraction of sp³-hybridized carbons (Fsp3) is 0.474. The monoisotopic (exact) mass is 415 g/mol. The van der Waals surface area contributed by atoms with Crippen LogP contribution in [-0.4, -0.2) is 64.0 Å². The number of carboxylic acid groups (broad SMARTS) is 1. The zero-order chi connectivity index (χ0) is 20.6. The Bertz CT molecular complexity index is 686. The summed E-state index contributed by atoms with van der Waals surface area (Å²) in [6.07, 6.45) is 0.825. The number of carbonyl (C=O) groups is 2. The normalized spacial score (nSPS) is 18.8. The summed E-state index contributed by atoms with van der Waals surface area (Å²) in [5, 5.41) is 18.3. The second-order valence-corrected chi connectivity index (χ2v) is 7.24. The molecule has 1 aromatic rings. The first-order valence-electron chi connectivity index (χ1n) is 8.85. The molecule has 0 spiro atoms. The SMILES string of the molecule is O=C(O)CCCOCCN1C(=O)SCC1C=CC(O)C(F)(F)c1ccccc1. The molecule has 28 heavy (non-hydrogen) atoms. The van der Waals surface area contributed by atoms with Gasteiger partial charge in [-0.2, -0.15) is 8.78 Å². The topological polar surface area (TPSA) is 87.1 Å². The van der Waals surface area contributed by atoms with Crippen molar-refractivity contribution < 1.29 is 33.3 Å². The second-order valence-electron chi connectivity index (χ2n) is 6.27. The number of ether oxygens (including phenoxy) is 1. The highest BCUT2D eigenvalue weighted by Crippen LogP contribution is 2.33. The Labute approximate surface area is 166 Å². The molecular formula is C19H23F2NO5S. The van der Waals surface area contributed by atoms with E-state index in [1.807, 2.05) is 0 Å². The summed E-state index contributed by atoms with van der Waals surface area (Å²) in [4.78, 5) is 23.9. The van der Waals surface area contributed by atoms with Gasteiger partial charge in [0.05, 0.1) is 12.6 Å². The van der Waals surface area contributed by atoms with Gasteiger partial charge in [-0.1, -0.05) is 54.2 Å². The Morgan fingerprint density at radius 3 is 2.75 bits per heavy atom. The van der Waals surface area contributed by atoms with E-state index in [0.717, 1.165) is 17.8 Å². The molecule has 1 aliphatic heterocycles. The number of hydrogen-bond donors (Lipinski definition) is 2.